The number of hydrogen-bond donors (Lipinski definition) is 3. The van der Waals surface area contributed by atoms with Crippen LogP contribution in [0.2, 0.25) is 0 Å². The number of amides is 1. The van der Waals surface area contributed by atoms with Gasteiger partial charge in [0.05, 0.1) is 7.11 Å². The molecule has 0 unspecified atom stereocenters. The smallest absolute Gasteiger partial charge is 0.233 e. The van der Waals surface area contributed by atoms with Gasteiger partial charge in [-0.15, -0.1) is 0 Å². The van der Waals surface area contributed by atoms with E-state index in [0.29, 0.717) is 36.0 Å². The van der Waals surface area contributed by atoms with Crippen molar-refractivity contribution >= 4 is 29.4 Å². The van der Waals surface area contributed by atoms with Crippen molar-refractivity contribution in [1.82, 2.24) is 19.9 Å². The average molecular weight is 500 g/mol. The second-order valence-corrected chi connectivity index (χ2v) is 9.66. The van der Waals surface area contributed by atoms with Crippen LogP contribution in [0.5, 0.6) is 5.75 Å². The number of nitrogens with zero attached hydrogens (tertiary/aromatic N) is 4. The second-order valence-electron chi connectivity index (χ2n) is 9.66. The minimum absolute atomic E-state index is 0.162. The van der Waals surface area contributed by atoms with Crippen LogP contribution in [0.4, 0.5) is 27.9 Å². The van der Waals surface area contributed by atoms with Crippen molar-refractivity contribution in [2.45, 2.75) is 83.2 Å². The number of rotatable bonds is 9. The van der Waals surface area contributed by atoms with Gasteiger partial charge in [-0.05, 0) is 44.2 Å². The van der Waals surface area contributed by atoms with Crippen LogP contribution in [0.25, 0.3) is 0 Å². The first kappa shape index (κ1) is 25.9. The van der Waals surface area contributed by atoms with Gasteiger partial charge in [0.15, 0.2) is 11.6 Å². The minimum atomic E-state index is -0.462. The van der Waals surface area contributed by atoms with Gasteiger partial charge >= 0.3 is 0 Å². The van der Waals surface area contributed by atoms with Gasteiger partial charge in [0, 0.05) is 43.3 Å². The van der Waals surface area contributed by atoms with E-state index >= 15 is 0 Å². The third-order valence-corrected chi connectivity index (χ3v) is 6.88. The van der Waals surface area contributed by atoms with E-state index in [4.69, 9.17) is 4.74 Å². The summed E-state index contributed by atoms with van der Waals surface area (Å²) in [6, 6.07) is 5.13. The molecule has 2 aromatic rings. The molecule has 2 fully saturated rings. The highest BCUT2D eigenvalue weighted by Gasteiger charge is 2.23. The van der Waals surface area contributed by atoms with Crippen LogP contribution in [0, 0.1) is 5.82 Å². The lowest BCUT2D eigenvalue weighted by molar-refractivity contribution is -0.132. The largest absolute Gasteiger partial charge is 0.494 e. The third kappa shape index (κ3) is 7.18. The SMILES string of the molecule is CCCC(=O)N1CCC(Nc2nc(Nc3ccc(OC)c(F)c3)nc(NC3CCCCCC3)n2)CC1. The number of halogens is 1. The van der Waals surface area contributed by atoms with E-state index in [1.54, 1.807) is 12.1 Å². The Hall–Kier alpha value is -3.17. The van der Waals surface area contributed by atoms with Gasteiger partial charge < -0.3 is 25.6 Å². The first-order valence-corrected chi connectivity index (χ1v) is 13.2. The maximum Gasteiger partial charge on any atom is 0.233 e. The fourth-order valence-corrected chi connectivity index (χ4v) is 4.87. The Kier molecular flexibility index (Phi) is 9.13. The van der Waals surface area contributed by atoms with Crippen LogP contribution in [-0.2, 0) is 4.79 Å². The van der Waals surface area contributed by atoms with E-state index < -0.39 is 5.82 Å². The number of methoxy groups -OCH3 is 1. The molecule has 0 radical (unpaired) electrons. The van der Waals surface area contributed by atoms with Crippen molar-refractivity contribution < 1.29 is 13.9 Å². The molecule has 0 bridgehead atoms. The molecule has 1 saturated heterocycles. The zero-order chi connectivity index (χ0) is 25.3. The number of benzene rings is 1. The van der Waals surface area contributed by atoms with Gasteiger partial charge in [-0.2, -0.15) is 15.0 Å². The molecule has 1 amide bonds. The molecule has 2 aliphatic rings. The predicted octanol–water partition coefficient (Wildman–Crippen LogP) is 5.10. The third-order valence-electron chi connectivity index (χ3n) is 6.88. The Morgan fingerprint density at radius 2 is 1.58 bits per heavy atom. The lowest BCUT2D eigenvalue weighted by Gasteiger charge is -2.32. The number of likely N-dealkylation sites (tertiary alicyclic amines) is 1. The van der Waals surface area contributed by atoms with E-state index in [1.807, 2.05) is 11.8 Å². The molecule has 10 heteroatoms. The summed E-state index contributed by atoms with van der Waals surface area (Å²) in [6.45, 7) is 3.48. The zero-order valence-corrected chi connectivity index (χ0v) is 21.4. The summed E-state index contributed by atoms with van der Waals surface area (Å²) in [5.74, 6) is 1.25. The normalized spacial score (nSPS) is 17.4. The maximum absolute atomic E-state index is 14.2. The Labute approximate surface area is 212 Å². The standard InChI is InChI=1S/C26H38FN7O2/c1-3-8-23(35)34-15-13-19(14-16-34)29-25-31-24(28-18-9-6-4-5-7-10-18)32-26(33-25)30-20-11-12-22(36-2)21(27)17-20/h11-12,17-19H,3-10,13-16H2,1-2H3,(H3,28,29,30,31,32,33). The van der Waals surface area contributed by atoms with E-state index in [0.717, 1.165) is 45.2 Å². The molecule has 3 N–H and O–H groups in total. The number of hydrogen-bond acceptors (Lipinski definition) is 8. The molecule has 0 atom stereocenters. The monoisotopic (exact) mass is 499 g/mol. The number of anilines is 4. The summed E-state index contributed by atoms with van der Waals surface area (Å²) in [7, 11) is 1.44. The van der Waals surface area contributed by atoms with Crippen molar-refractivity contribution in [3.8, 4) is 5.75 Å². The highest BCUT2D eigenvalue weighted by molar-refractivity contribution is 5.76. The van der Waals surface area contributed by atoms with Gasteiger partial charge in [-0.1, -0.05) is 32.6 Å². The molecule has 9 nitrogen and oxygen atoms in total. The van der Waals surface area contributed by atoms with Gasteiger partial charge in [0.1, 0.15) is 0 Å². The second kappa shape index (κ2) is 12.7. The van der Waals surface area contributed by atoms with Gasteiger partial charge in [0.2, 0.25) is 23.8 Å². The topological polar surface area (TPSA) is 104 Å². The highest BCUT2D eigenvalue weighted by Crippen LogP contribution is 2.25. The molecule has 1 aromatic heterocycles. The summed E-state index contributed by atoms with van der Waals surface area (Å²) < 4.78 is 19.2. The lowest BCUT2D eigenvalue weighted by atomic mass is 10.0. The number of piperidine rings is 1. The van der Waals surface area contributed by atoms with Crippen molar-refractivity contribution in [2.24, 2.45) is 0 Å². The molecular formula is C26H38FN7O2. The van der Waals surface area contributed by atoms with Crippen LogP contribution in [0.15, 0.2) is 18.2 Å². The summed E-state index contributed by atoms with van der Waals surface area (Å²) in [5, 5.41) is 10.1. The predicted molar refractivity (Wildman–Crippen MR) is 139 cm³/mol. The van der Waals surface area contributed by atoms with Gasteiger partial charge in [-0.25, -0.2) is 4.39 Å². The summed E-state index contributed by atoms with van der Waals surface area (Å²) in [6.07, 6.45) is 10.2. The van der Waals surface area contributed by atoms with Crippen LogP contribution >= 0.6 is 0 Å². The van der Waals surface area contributed by atoms with Crippen molar-refractivity contribution in [2.75, 3.05) is 36.1 Å². The van der Waals surface area contributed by atoms with Crippen LogP contribution in [0.3, 0.4) is 0 Å². The number of aromatic nitrogens is 3. The molecule has 1 aliphatic carbocycles. The van der Waals surface area contributed by atoms with Crippen molar-refractivity contribution in [3.63, 3.8) is 0 Å². The number of nitrogens with one attached hydrogen (secondary N) is 3. The highest BCUT2D eigenvalue weighted by atomic mass is 19.1. The fourth-order valence-electron chi connectivity index (χ4n) is 4.87. The molecule has 4 rings (SSSR count). The van der Waals surface area contributed by atoms with E-state index in [1.165, 1.54) is 38.9 Å². The first-order chi connectivity index (χ1) is 17.5. The summed E-state index contributed by atoms with van der Waals surface area (Å²) in [4.78, 5) is 28.0. The Morgan fingerprint density at radius 1 is 0.972 bits per heavy atom. The Morgan fingerprint density at radius 3 is 2.17 bits per heavy atom. The van der Waals surface area contributed by atoms with Crippen molar-refractivity contribution in [3.05, 3.63) is 24.0 Å². The summed E-state index contributed by atoms with van der Waals surface area (Å²) >= 11 is 0. The first-order valence-electron chi connectivity index (χ1n) is 13.2. The van der Waals surface area contributed by atoms with E-state index in [9.17, 15) is 9.18 Å². The fraction of sp³-hybridized carbons (Fsp3) is 0.615. The molecule has 2 heterocycles. The number of carbonyl (C=O) groups is 1. The molecule has 0 spiro atoms. The lowest BCUT2D eigenvalue weighted by Crippen LogP contribution is -2.42. The summed E-state index contributed by atoms with van der Waals surface area (Å²) in [5.41, 5.74) is 0.522. The van der Waals surface area contributed by atoms with Gasteiger partial charge in [-0.3, -0.25) is 4.79 Å². The Bertz CT molecular complexity index is 1010. The molecule has 36 heavy (non-hydrogen) atoms. The zero-order valence-electron chi connectivity index (χ0n) is 21.4. The molecular weight excluding hydrogens is 461 g/mol. The molecule has 1 aliphatic heterocycles. The quantitative estimate of drug-likeness (QED) is 0.410. The van der Waals surface area contributed by atoms with Gasteiger partial charge in [0.25, 0.3) is 0 Å². The molecule has 1 aromatic carbocycles. The van der Waals surface area contributed by atoms with Crippen LogP contribution in [0.1, 0.15) is 71.1 Å². The molecule has 196 valence electrons. The number of ether oxygens (including phenoxy) is 1. The number of carbonyl (C=O) groups excluding carboxylic acids is 1. The van der Waals surface area contributed by atoms with E-state index in [-0.39, 0.29) is 17.7 Å². The van der Waals surface area contributed by atoms with Crippen molar-refractivity contribution in [1.29, 1.82) is 0 Å². The molecule has 1 saturated carbocycles. The Balaban J connectivity index is 1.48. The van der Waals surface area contributed by atoms with Crippen LogP contribution < -0.4 is 20.7 Å². The maximum atomic E-state index is 14.2. The average Bonchev–Trinajstić information content (AvgIpc) is 3.13. The minimum Gasteiger partial charge on any atom is -0.494 e. The van der Waals surface area contributed by atoms with E-state index in [2.05, 4.69) is 30.9 Å². The van der Waals surface area contributed by atoms with Crippen LogP contribution in [-0.4, -0.2) is 58.0 Å².